The number of aromatic hydroxyl groups is 1. The fourth-order valence-electron chi connectivity index (χ4n) is 4.76. The second kappa shape index (κ2) is 10.8. The number of benzene rings is 2. The lowest BCUT2D eigenvalue weighted by Crippen LogP contribution is -2.45. The molecule has 2 aliphatic rings. The molecule has 0 saturated carbocycles. The molecule has 1 aliphatic heterocycles. The van der Waals surface area contributed by atoms with E-state index < -0.39 is 30.1 Å². The number of allylic oxidation sites excluding steroid dienone is 5. The van der Waals surface area contributed by atoms with E-state index in [1.807, 2.05) is 0 Å². The van der Waals surface area contributed by atoms with E-state index in [2.05, 4.69) is 4.98 Å². The van der Waals surface area contributed by atoms with Gasteiger partial charge in [-0.15, -0.1) is 0 Å². The van der Waals surface area contributed by atoms with Crippen LogP contribution in [0.4, 0.5) is 0 Å². The third-order valence-electron chi connectivity index (χ3n) is 6.84. The fraction of sp³-hybridized carbons (Fsp3) is 0.0625. The Hall–Kier alpha value is -6.08. The molecule has 0 atom stereocenters. The number of aliphatic carboxylic acids is 1. The standard InChI is InChI=1S/C32H21N3O7/c1-17-20(31(41)35(16-26(37)38)32(42)23(17)15-33)9-4-2-3-7-18-11-12-21-22(13-18)30(40)27(29(21)39)28-25(36)14-19-8-5-6-10-24(19)34-28/h2-14,36,39H,16H2,1H3,(H,37,38)/b4-2+,7-3+,20-9-. The third kappa shape index (κ3) is 4.76. The van der Waals surface area contributed by atoms with Gasteiger partial charge in [-0.05, 0) is 48.4 Å². The highest BCUT2D eigenvalue weighted by atomic mass is 16.4. The molecule has 0 unspecified atom stereocenters. The van der Waals surface area contributed by atoms with Crippen molar-refractivity contribution < 1.29 is 34.5 Å². The molecule has 42 heavy (non-hydrogen) atoms. The first kappa shape index (κ1) is 27.5. The van der Waals surface area contributed by atoms with Crippen LogP contribution in [-0.4, -0.2) is 55.3 Å². The number of carbonyl (C=O) groups is 4. The number of hydrogen-bond donors (Lipinski definition) is 3. The highest BCUT2D eigenvalue weighted by molar-refractivity contribution is 6.39. The molecular weight excluding hydrogens is 538 g/mol. The van der Waals surface area contributed by atoms with E-state index in [0.717, 1.165) is 0 Å². The van der Waals surface area contributed by atoms with Gasteiger partial charge in [0.05, 0.1) is 11.1 Å². The summed E-state index contributed by atoms with van der Waals surface area (Å²) in [6.07, 6.45) is 7.75. The van der Waals surface area contributed by atoms with Gasteiger partial charge in [0.1, 0.15) is 35.4 Å². The second-order valence-electron chi connectivity index (χ2n) is 9.43. The van der Waals surface area contributed by atoms with Crippen molar-refractivity contribution in [3.63, 3.8) is 0 Å². The number of carboxylic acids is 1. The topological polar surface area (TPSA) is 169 Å². The summed E-state index contributed by atoms with van der Waals surface area (Å²) in [6, 6.07) is 15.2. The number of nitrogens with zero attached hydrogens (tertiary/aromatic N) is 3. The van der Waals surface area contributed by atoms with Crippen LogP contribution in [-0.2, 0) is 14.4 Å². The Morgan fingerprint density at radius 1 is 1.00 bits per heavy atom. The number of fused-ring (bicyclic) bond motifs is 2. The minimum Gasteiger partial charge on any atom is -0.506 e. The molecule has 5 rings (SSSR count). The van der Waals surface area contributed by atoms with Crippen LogP contribution < -0.4 is 0 Å². The van der Waals surface area contributed by atoms with Crippen molar-refractivity contribution in [1.82, 2.24) is 9.88 Å². The number of pyridine rings is 1. The molecule has 0 radical (unpaired) electrons. The molecule has 2 aromatic carbocycles. The van der Waals surface area contributed by atoms with Gasteiger partial charge in [0.2, 0.25) is 0 Å². The summed E-state index contributed by atoms with van der Waals surface area (Å²) >= 11 is 0. The maximum atomic E-state index is 13.3. The van der Waals surface area contributed by atoms with Crippen LogP contribution in [0.5, 0.6) is 5.75 Å². The number of nitriles is 1. The van der Waals surface area contributed by atoms with Crippen LogP contribution in [0.25, 0.3) is 28.3 Å². The first-order chi connectivity index (χ1) is 20.1. The molecule has 1 aliphatic carbocycles. The van der Waals surface area contributed by atoms with Gasteiger partial charge < -0.3 is 15.3 Å². The van der Waals surface area contributed by atoms with Crippen LogP contribution in [0.1, 0.15) is 34.1 Å². The Morgan fingerprint density at radius 2 is 1.76 bits per heavy atom. The Kier molecular flexibility index (Phi) is 7.08. The van der Waals surface area contributed by atoms with Crippen LogP contribution >= 0.6 is 0 Å². The van der Waals surface area contributed by atoms with Crippen molar-refractivity contribution in [2.24, 2.45) is 0 Å². The third-order valence-corrected chi connectivity index (χ3v) is 6.84. The molecule has 0 bridgehead atoms. The summed E-state index contributed by atoms with van der Waals surface area (Å²) in [7, 11) is 0. The van der Waals surface area contributed by atoms with E-state index in [4.69, 9.17) is 5.11 Å². The molecule has 0 fully saturated rings. The summed E-state index contributed by atoms with van der Waals surface area (Å²) in [6.45, 7) is 0.575. The van der Waals surface area contributed by atoms with Crippen molar-refractivity contribution in [2.45, 2.75) is 6.92 Å². The molecular formula is C32H21N3O7. The van der Waals surface area contributed by atoms with Gasteiger partial charge in [-0.2, -0.15) is 5.26 Å². The second-order valence-corrected chi connectivity index (χ2v) is 9.43. The number of imide groups is 1. The average Bonchev–Trinajstić information content (AvgIpc) is 3.21. The van der Waals surface area contributed by atoms with Gasteiger partial charge >= 0.3 is 5.97 Å². The zero-order valence-corrected chi connectivity index (χ0v) is 22.0. The van der Waals surface area contributed by atoms with Crippen molar-refractivity contribution in [3.8, 4) is 11.8 Å². The van der Waals surface area contributed by atoms with Gasteiger partial charge in [-0.3, -0.25) is 24.1 Å². The number of aromatic nitrogens is 1. The normalized spacial score (nSPS) is 16.4. The lowest BCUT2D eigenvalue weighted by atomic mass is 9.95. The van der Waals surface area contributed by atoms with E-state index in [1.54, 1.807) is 66.8 Å². The first-order valence-corrected chi connectivity index (χ1v) is 12.6. The number of aliphatic hydroxyl groups is 1. The van der Waals surface area contributed by atoms with Gasteiger partial charge in [-0.25, -0.2) is 4.98 Å². The van der Waals surface area contributed by atoms with Crippen molar-refractivity contribution in [1.29, 1.82) is 5.26 Å². The number of para-hydroxylation sites is 1. The summed E-state index contributed by atoms with van der Waals surface area (Å²) in [5, 5.41) is 40.5. The van der Waals surface area contributed by atoms with E-state index >= 15 is 0 Å². The monoisotopic (exact) mass is 559 g/mol. The van der Waals surface area contributed by atoms with Gasteiger partial charge in [0, 0.05) is 22.1 Å². The molecule has 3 N–H and O–H groups in total. The quantitative estimate of drug-likeness (QED) is 0.226. The molecule has 0 spiro atoms. The molecule has 10 heteroatoms. The number of carboxylic acid groups (broad SMARTS) is 1. The molecule has 0 saturated heterocycles. The van der Waals surface area contributed by atoms with E-state index in [9.17, 15) is 34.7 Å². The average molecular weight is 560 g/mol. The number of amides is 2. The lowest BCUT2D eigenvalue weighted by Gasteiger charge is -2.25. The minimum absolute atomic E-state index is 0.00904. The highest BCUT2D eigenvalue weighted by Crippen LogP contribution is 2.40. The van der Waals surface area contributed by atoms with E-state index in [0.29, 0.717) is 26.9 Å². The van der Waals surface area contributed by atoms with Crippen molar-refractivity contribution in [2.75, 3.05) is 6.54 Å². The maximum absolute atomic E-state index is 13.3. The predicted octanol–water partition coefficient (Wildman–Crippen LogP) is 4.35. The lowest BCUT2D eigenvalue weighted by molar-refractivity contribution is -0.149. The minimum atomic E-state index is -1.39. The zero-order chi connectivity index (χ0) is 30.1. The van der Waals surface area contributed by atoms with Crippen LogP contribution in [0.15, 0.2) is 89.6 Å². The van der Waals surface area contributed by atoms with Gasteiger partial charge in [0.25, 0.3) is 11.8 Å². The van der Waals surface area contributed by atoms with Crippen molar-refractivity contribution >= 4 is 51.9 Å². The molecule has 2 heterocycles. The zero-order valence-electron chi connectivity index (χ0n) is 22.0. The molecule has 2 amide bonds. The Labute approximate surface area is 238 Å². The van der Waals surface area contributed by atoms with Gasteiger partial charge in [0.15, 0.2) is 5.78 Å². The predicted molar refractivity (Wildman–Crippen MR) is 153 cm³/mol. The smallest absolute Gasteiger partial charge is 0.323 e. The Balaban J connectivity index is 1.37. The summed E-state index contributed by atoms with van der Waals surface area (Å²) in [5.41, 5.74) is 1.50. The molecule has 206 valence electrons. The number of Topliss-reactive ketones (excluding diaryl/α,β-unsaturated/α-hetero) is 1. The number of aliphatic hydroxyl groups excluding tert-OH is 1. The van der Waals surface area contributed by atoms with Crippen LogP contribution in [0.2, 0.25) is 0 Å². The summed E-state index contributed by atoms with van der Waals surface area (Å²) < 4.78 is 0. The first-order valence-electron chi connectivity index (χ1n) is 12.6. The van der Waals surface area contributed by atoms with Crippen molar-refractivity contribution in [3.05, 3.63) is 112 Å². The van der Waals surface area contributed by atoms with Crippen LogP contribution in [0.3, 0.4) is 0 Å². The number of rotatable bonds is 6. The van der Waals surface area contributed by atoms with Crippen LogP contribution in [0, 0.1) is 11.3 Å². The largest absolute Gasteiger partial charge is 0.506 e. The number of carbonyl (C=O) groups excluding carboxylic acids is 3. The van der Waals surface area contributed by atoms with E-state index in [-0.39, 0.29) is 45.1 Å². The SMILES string of the molecule is CC1=C(C#N)C(=O)N(CC(=O)O)C(=O)\C1=C/C=C/C=C/c1ccc2c(c1)C(=O)C(c1nc3ccccc3cc1O)=C2O. The van der Waals surface area contributed by atoms with Gasteiger partial charge in [-0.1, -0.05) is 48.6 Å². The maximum Gasteiger partial charge on any atom is 0.323 e. The summed E-state index contributed by atoms with van der Waals surface area (Å²) in [4.78, 5) is 54.3. The molecule has 10 nitrogen and oxygen atoms in total. The van der Waals surface area contributed by atoms with E-state index in [1.165, 1.54) is 25.1 Å². The number of hydrogen-bond acceptors (Lipinski definition) is 8. The molecule has 1 aromatic heterocycles. The summed E-state index contributed by atoms with van der Waals surface area (Å²) in [5.74, 6) is -4.15. The Morgan fingerprint density at radius 3 is 2.50 bits per heavy atom. The molecule has 3 aromatic rings. The Bertz CT molecular complexity index is 1940. The number of ketones is 1. The highest BCUT2D eigenvalue weighted by Gasteiger charge is 2.36. The fourth-order valence-corrected chi connectivity index (χ4v) is 4.76.